The summed E-state index contributed by atoms with van der Waals surface area (Å²) in [5.41, 5.74) is 2.06. The number of methoxy groups -OCH3 is 1. The second-order valence-corrected chi connectivity index (χ2v) is 6.60. The summed E-state index contributed by atoms with van der Waals surface area (Å²) in [6.45, 7) is 0.409. The summed E-state index contributed by atoms with van der Waals surface area (Å²) in [5.74, 6) is 0.341. The fourth-order valence-electron chi connectivity index (χ4n) is 2.67. The van der Waals surface area contributed by atoms with Gasteiger partial charge in [0.1, 0.15) is 5.75 Å². The number of thioether (sulfide) groups is 1. The minimum atomic E-state index is -0.401. The van der Waals surface area contributed by atoms with Crippen molar-refractivity contribution in [3.05, 3.63) is 54.1 Å². The zero-order valence-electron chi connectivity index (χ0n) is 13.9. The fraction of sp³-hybridized carbons (Fsp3) is 0.263. The Hall–Kier alpha value is -2.47. The molecule has 0 saturated carbocycles. The Balaban J connectivity index is 1.45. The smallest absolute Gasteiger partial charge is 0.316 e. The number of carbonyl (C=O) groups excluding carboxylic acids is 2. The number of fused-ring (bicyclic) bond motifs is 1. The van der Waals surface area contributed by atoms with Gasteiger partial charge < -0.3 is 14.4 Å². The van der Waals surface area contributed by atoms with Crippen molar-refractivity contribution in [2.45, 2.75) is 11.3 Å². The van der Waals surface area contributed by atoms with Crippen molar-refractivity contribution in [3.63, 3.8) is 0 Å². The summed E-state index contributed by atoms with van der Waals surface area (Å²) < 4.78 is 10.2. The molecule has 0 aliphatic carbocycles. The average Bonchev–Trinajstić information content (AvgIpc) is 3.09. The fourth-order valence-corrected chi connectivity index (χ4v) is 3.37. The lowest BCUT2D eigenvalue weighted by Crippen LogP contribution is -2.33. The molecule has 0 aromatic heterocycles. The molecule has 0 fully saturated rings. The van der Waals surface area contributed by atoms with Gasteiger partial charge in [-0.3, -0.25) is 9.59 Å². The molecule has 2 aromatic carbocycles. The van der Waals surface area contributed by atoms with Gasteiger partial charge in [0.05, 0.1) is 12.9 Å². The molecule has 3 rings (SSSR count). The quantitative estimate of drug-likeness (QED) is 0.588. The van der Waals surface area contributed by atoms with Gasteiger partial charge in [-0.1, -0.05) is 18.2 Å². The highest BCUT2D eigenvalue weighted by molar-refractivity contribution is 8.00. The van der Waals surface area contributed by atoms with Crippen molar-refractivity contribution in [1.82, 2.24) is 0 Å². The first-order valence-corrected chi connectivity index (χ1v) is 8.96. The van der Waals surface area contributed by atoms with Crippen LogP contribution in [0.15, 0.2) is 53.4 Å². The SMILES string of the molecule is COc1ccc(SCC(=O)OCC(=O)N2CCc3ccccc32)cc1. The van der Waals surface area contributed by atoms with Crippen molar-refractivity contribution in [3.8, 4) is 5.75 Å². The molecule has 0 unspecified atom stereocenters. The van der Waals surface area contributed by atoms with Crippen LogP contribution < -0.4 is 9.64 Å². The number of carbonyl (C=O) groups is 2. The normalized spacial score (nSPS) is 12.6. The molecule has 0 N–H and O–H groups in total. The van der Waals surface area contributed by atoms with Crippen molar-refractivity contribution in [2.24, 2.45) is 0 Å². The zero-order chi connectivity index (χ0) is 17.6. The molecular formula is C19H19NO4S. The van der Waals surface area contributed by atoms with E-state index in [-0.39, 0.29) is 18.3 Å². The van der Waals surface area contributed by atoms with Crippen LogP contribution in [0.4, 0.5) is 5.69 Å². The summed E-state index contributed by atoms with van der Waals surface area (Å²) in [4.78, 5) is 26.8. The second kappa shape index (κ2) is 8.07. The Kier molecular flexibility index (Phi) is 5.60. The van der Waals surface area contributed by atoms with Crippen LogP contribution >= 0.6 is 11.8 Å². The van der Waals surface area contributed by atoms with Crippen LogP contribution in [0.25, 0.3) is 0 Å². The maximum Gasteiger partial charge on any atom is 0.316 e. The number of rotatable bonds is 6. The number of anilines is 1. The molecule has 1 aliphatic rings. The number of para-hydroxylation sites is 1. The third-order valence-corrected chi connectivity index (χ3v) is 4.95. The third-order valence-electron chi connectivity index (χ3n) is 3.96. The first-order valence-electron chi connectivity index (χ1n) is 7.98. The second-order valence-electron chi connectivity index (χ2n) is 5.55. The number of benzene rings is 2. The molecule has 130 valence electrons. The third kappa shape index (κ3) is 4.33. The molecule has 0 saturated heterocycles. The van der Waals surface area contributed by atoms with Gasteiger partial charge in [-0.05, 0) is 42.3 Å². The molecule has 1 heterocycles. The van der Waals surface area contributed by atoms with E-state index in [0.29, 0.717) is 6.54 Å². The zero-order valence-corrected chi connectivity index (χ0v) is 14.8. The molecule has 5 nitrogen and oxygen atoms in total. The molecule has 0 bridgehead atoms. The number of hydrogen-bond acceptors (Lipinski definition) is 5. The van der Waals surface area contributed by atoms with Crippen LogP contribution in [-0.2, 0) is 20.7 Å². The number of ether oxygens (including phenoxy) is 2. The maximum absolute atomic E-state index is 12.3. The molecule has 0 radical (unpaired) electrons. The highest BCUT2D eigenvalue weighted by atomic mass is 32.2. The van der Waals surface area contributed by atoms with Gasteiger partial charge in [-0.25, -0.2) is 0 Å². The first-order chi connectivity index (χ1) is 12.2. The molecule has 0 atom stereocenters. The van der Waals surface area contributed by atoms with Crippen LogP contribution in [0.5, 0.6) is 5.75 Å². The van der Waals surface area contributed by atoms with E-state index in [9.17, 15) is 9.59 Å². The van der Waals surface area contributed by atoms with Crippen LogP contribution in [-0.4, -0.2) is 37.9 Å². The van der Waals surface area contributed by atoms with E-state index >= 15 is 0 Å². The molecule has 1 amide bonds. The minimum Gasteiger partial charge on any atom is -0.497 e. The summed E-state index contributed by atoms with van der Waals surface area (Å²) in [6.07, 6.45) is 0.836. The standard InChI is InChI=1S/C19H19NO4S/c1-23-15-6-8-16(9-7-15)25-13-19(22)24-12-18(21)20-11-10-14-4-2-3-5-17(14)20/h2-9H,10-13H2,1H3. The maximum atomic E-state index is 12.3. The van der Waals surface area contributed by atoms with Crippen molar-refractivity contribution < 1.29 is 19.1 Å². The molecule has 25 heavy (non-hydrogen) atoms. The molecule has 0 spiro atoms. The average molecular weight is 357 g/mol. The minimum absolute atomic E-state index is 0.163. The Morgan fingerprint density at radius 3 is 2.64 bits per heavy atom. The summed E-state index contributed by atoms with van der Waals surface area (Å²) in [6, 6.07) is 15.2. The lowest BCUT2D eigenvalue weighted by molar-refractivity contribution is -0.145. The van der Waals surface area contributed by atoms with Gasteiger partial charge >= 0.3 is 5.97 Å². The van der Waals surface area contributed by atoms with Crippen LogP contribution in [0.2, 0.25) is 0 Å². The van der Waals surface area contributed by atoms with E-state index in [0.717, 1.165) is 28.3 Å². The predicted octanol–water partition coefficient (Wildman–Crippen LogP) is 2.92. The summed E-state index contributed by atoms with van der Waals surface area (Å²) in [5, 5.41) is 0. The predicted molar refractivity (Wildman–Crippen MR) is 97.2 cm³/mol. The van der Waals surface area contributed by atoms with E-state index in [1.807, 2.05) is 48.5 Å². The number of hydrogen-bond donors (Lipinski definition) is 0. The Morgan fingerprint density at radius 2 is 1.88 bits per heavy atom. The lowest BCUT2D eigenvalue weighted by atomic mass is 10.2. The van der Waals surface area contributed by atoms with Crippen molar-refractivity contribution in [2.75, 3.05) is 30.9 Å². The Labute approximate surface area is 150 Å². The number of esters is 1. The van der Waals surface area contributed by atoms with Gasteiger partial charge in [-0.2, -0.15) is 0 Å². The summed E-state index contributed by atoms with van der Waals surface area (Å²) in [7, 11) is 1.61. The van der Waals surface area contributed by atoms with Gasteiger partial charge in [0.25, 0.3) is 5.91 Å². The van der Waals surface area contributed by atoms with E-state index < -0.39 is 5.97 Å². The van der Waals surface area contributed by atoms with Crippen molar-refractivity contribution >= 4 is 29.3 Å². The van der Waals surface area contributed by atoms with Crippen molar-refractivity contribution in [1.29, 1.82) is 0 Å². The van der Waals surface area contributed by atoms with Gasteiger partial charge in [-0.15, -0.1) is 11.8 Å². The number of amides is 1. The highest BCUT2D eigenvalue weighted by Gasteiger charge is 2.24. The van der Waals surface area contributed by atoms with E-state index in [2.05, 4.69) is 0 Å². The highest BCUT2D eigenvalue weighted by Crippen LogP contribution is 2.27. The van der Waals surface area contributed by atoms with Gasteiger partial charge in [0, 0.05) is 17.1 Å². The largest absolute Gasteiger partial charge is 0.497 e. The van der Waals surface area contributed by atoms with E-state index in [1.54, 1.807) is 12.0 Å². The Morgan fingerprint density at radius 1 is 1.12 bits per heavy atom. The Bertz CT molecular complexity index is 760. The van der Waals surface area contributed by atoms with Crippen LogP contribution in [0, 0.1) is 0 Å². The molecular weight excluding hydrogens is 338 g/mol. The molecule has 2 aromatic rings. The monoisotopic (exact) mass is 357 g/mol. The molecule has 1 aliphatic heterocycles. The summed E-state index contributed by atoms with van der Waals surface area (Å²) >= 11 is 1.37. The van der Waals surface area contributed by atoms with E-state index in [1.165, 1.54) is 11.8 Å². The first kappa shape index (κ1) is 17.4. The van der Waals surface area contributed by atoms with Crippen LogP contribution in [0.3, 0.4) is 0 Å². The van der Waals surface area contributed by atoms with Crippen LogP contribution in [0.1, 0.15) is 5.56 Å². The topological polar surface area (TPSA) is 55.8 Å². The lowest BCUT2D eigenvalue weighted by Gasteiger charge is -2.17. The van der Waals surface area contributed by atoms with Gasteiger partial charge in [0.15, 0.2) is 6.61 Å². The molecule has 6 heteroatoms. The van der Waals surface area contributed by atoms with E-state index in [4.69, 9.17) is 9.47 Å². The van der Waals surface area contributed by atoms with Gasteiger partial charge in [0.2, 0.25) is 0 Å². The number of nitrogens with zero attached hydrogens (tertiary/aromatic N) is 1.